The highest BCUT2D eigenvalue weighted by Crippen LogP contribution is 2.26. The lowest BCUT2D eigenvalue weighted by molar-refractivity contribution is -0.388. The van der Waals surface area contributed by atoms with Crippen molar-refractivity contribution in [2.75, 3.05) is 4.72 Å². The number of halogens is 2. The number of benzene rings is 1. The SMILES string of the molecule is O=[N+]([O-])c1cc(F)ccc1S(=O)(=O)Nc1cccc(Cl)n1. The lowest BCUT2D eigenvalue weighted by Gasteiger charge is -2.08. The molecule has 0 saturated heterocycles. The summed E-state index contributed by atoms with van der Waals surface area (Å²) in [7, 11) is -4.30. The average molecular weight is 332 g/mol. The molecule has 0 aliphatic carbocycles. The first-order valence-electron chi connectivity index (χ1n) is 5.39. The molecule has 0 atom stereocenters. The highest BCUT2D eigenvalue weighted by Gasteiger charge is 2.26. The summed E-state index contributed by atoms with van der Waals surface area (Å²) < 4.78 is 39.3. The number of sulfonamides is 1. The predicted octanol–water partition coefficient (Wildman–Crippen LogP) is 2.58. The predicted molar refractivity (Wildman–Crippen MR) is 73.1 cm³/mol. The van der Waals surface area contributed by atoms with Gasteiger partial charge >= 0.3 is 0 Å². The molecule has 0 aliphatic heterocycles. The number of pyridine rings is 1. The lowest BCUT2D eigenvalue weighted by Crippen LogP contribution is -2.15. The molecular weight excluding hydrogens is 325 g/mol. The van der Waals surface area contributed by atoms with Crippen molar-refractivity contribution in [1.29, 1.82) is 0 Å². The number of hydrogen-bond acceptors (Lipinski definition) is 5. The van der Waals surface area contributed by atoms with Gasteiger partial charge in [0.1, 0.15) is 16.8 Å². The maximum absolute atomic E-state index is 13.0. The van der Waals surface area contributed by atoms with Crippen LogP contribution in [0.5, 0.6) is 0 Å². The number of hydrogen-bond donors (Lipinski definition) is 1. The van der Waals surface area contributed by atoms with Gasteiger partial charge in [-0.05, 0) is 24.3 Å². The molecule has 1 N–H and O–H groups in total. The van der Waals surface area contributed by atoms with E-state index < -0.39 is 31.3 Å². The molecule has 0 fully saturated rings. The van der Waals surface area contributed by atoms with Gasteiger partial charge in [0, 0.05) is 0 Å². The van der Waals surface area contributed by atoms with Crippen LogP contribution in [-0.2, 0) is 10.0 Å². The smallest absolute Gasteiger partial charge is 0.263 e. The van der Waals surface area contributed by atoms with E-state index in [1.807, 2.05) is 4.72 Å². The van der Waals surface area contributed by atoms with Crippen molar-refractivity contribution in [2.45, 2.75) is 4.90 Å². The zero-order chi connectivity index (χ0) is 15.6. The standard InChI is InChI=1S/C11H7ClFN3O4S/c12-10-2-1-3-11(14-10)15-21(19,20)9-5-4-7(13)6-8(9)16(17)18/h1-6H,(H,14,15). The van der Waals surface area contributed by atoms with Gasteiger partial charge < -0.3 is 0 Å². The summed E-state index contributed by atoms with van der Waals surface area (Å²) in [6.07, 6.45) is 0. The van der Waals surface area contributed by atoms with E-state index >= 15 is 0 Å². The molecule has 0 aliphatic rings. The van der Waals surface area contributed by atoms with Crippen LogP contribution >= 0.6 is 11.6 Å². The largest absolute Gasteiger partial charge is 0.292 e. The number of nitrogens with one attached hydrogen (secondary N) is 1. The van der Waals surface area contributed by atoms with E-state index in [0.29, 0.717) is 6.07 Å². The van der Waals surface area contributed by atoms with E-state index in [4.69, 9.17) is 11.6 Å². The number of nitro groups is 1. The summed E-state index contributed by atoms with van der Waals surface area (Å²) in [6.45, 7) is 0. The minimum Gasteiger partial charge on any atom is -0.263 e. The van der Waals surface area contributed by atoms with Crippen molar-refractivity contribution in [2.24, 2.45) is 0 Å². The molecule has 1 heterocycles. The van der Waals surface area contributed by atoms with E-state index in [1.165, 1.54) is 18.2 Å². The number of nitro benzene ring substituents is 1. The molecule has 1 aromatic heterocycles. The molecule has 0 saturated carbocycles. The summed E-state index contributed by atoms with van der Waals surface area (Å²) in [5.41, 5.74) is -0.871. The Hall–Kier alpha value is -2.26. The Kier molecular flexibility index (Phi) is 4.05. The number of anilines is 1. The number of nitrogens with zero attached hydrogens (tertiary/aromatic N) is 2. The highest BCUT2D eigenvalue weighted by atomic mass is 35.5. The molecule has 2 aromatic rings. The maximum atomic E-state index is 13.0. The van der Waals surface area contributed by atoms with Crippen LogP contribution in [0.25, 0.3) is 0 Å². The quantitative estimate of drug-likeness (QED) is 0.527. The Labute approximate surface area is 123 Å². The van der Waals surface area contributed by atoms with E-state index in [2.05, 4.69) is 4.98 Å². The van der Waals surface area contributed by atoms with Crippen LogP contribution in [0.15, 0.2) is 41.3 Å². The molecular formula is C11H7ClFN3O4S. The lowest BCUT2D eigenvalue weighted by atomic mass is 10.3. The van der Waals surface area contributed by atoms with Crippen molar-refractivity contribution >= 4 is 33.1 Å². The maximum Gasteiger partial charge on any atom is 0.292 e. The Morgan fingerprint density at radius 3 is 2.62 bits per heavy atom. The topological polar surface area (TPSA) is 102 Å². The van der Waals surface area contributed by atoms with Crippen molar-refractivity contribution in [3.05, 3.63) is 57.5 Å². The van der Waals surface area contributed by atoms with Crippen molar-refractivity contribution in [3.8, 4) is 0 Å². The number of aromatic nitrogens is 1. The summed E-state index contributed by atoms with van der Waals surface area (Å²) >= 11 is 5.62. The zero-order valence-electron chi connectivity index (χ0n) is 10.2. The molecule has 0 unspecified atom stereocenters. The Morgan fingerprint density at radius 1 is 1.29 bits per heavy atom. The molecule has 7 nitrogen and oxygen atoms in total. The van der Waals surface area contributed by atoms with Crippen LogP contribution < -0.4 is 4.72 Å². The molecule has 110 valence electrons. The third kappa shape index (κ3) is 3.44. The highest BCUT2D eigenvalue weighted by molar-refractivity contribution is 7.92. The third-order valence-electron chi connectivity index (χ3n) is 2.36. The van der Waals surface area contributed by atoms with Crippen LogP contribution in [0.3, 0.4) is 0 Å². The van der Waals surface area contributed by atoms with Gasteiger partial charge in [-0.15, -0.1) is 0 Å². The van der Waals surface area contributed by atoms with Crippen LogP contribution in [0.1, 0.15) is 0 Å². The van der Waals surface area contributed by atoms with Gasteiger partial charge in [0.25, 0.3) is 15.7 Å². The van der Waals surface area contributed by atoms with E-state index in [1.54, 1.807) is 0 Å². The molecule has 1 aromatic carbocycles. The Bertz CT molecular complexity index is 813. The third-order valence-corrected chi connectivity index (χ3v) is 3.97. The Balaban J connectivity index is 2.47. The monoisotopic (exact) mass is 331 g/mol. The van der Waals surface area contributed by atoms with Crippen molar-refractivity contribution in [1.82, 2.24) is 4.98 Å². The first-order chi connectivity index (χ1) is 9.79. The summed E-state index contributed by atoms with van der Waals surface area (Å²) in [4.78, 5) is 12.9. The van der Waals surface area contributed by atoms with E-state index in [9.17, 15) is 22.9 Å². The van der Waals surface area contributed by atoms with Gasteiger partial charge in [-0.1, -0.05) is 17.7 Å². The van der Waals surface area contributed by atoms with E-state index in [-0.39, 0.29) is 11.0 Å². The molecule has 10 heteroatoms. The summed E-state index contributed by atoms with van der Waals surface area (Å²) in [6, 6.07) is 6.35. The van der Waals surface area contributed by atoms with Gasteiger partial charge in [-0.2, -0.15) is 0 Å². The fourth-order valence-electron chi connectivity index (χ4n) is 1.52. The molecule has 0 spiro atoms. The van der Waals surface area contributed by atoms with Gasteiger partial charge in [0.05, 0.1) is 11.0 Å². The Morgan fingerprint density at radius 2 is 2.00 bits per heavy atom. The van der Waals surface area contributed by atoms with Gasteiger partial charge in [-0.25, -0.2) is 17.8 Å². The molecule has 2 rings (SSSR count). The van der Waals surface area contributed by atoms with Gasteiger partial charge in [0.2, 0.25) is 0 Å². The fourth-order valence-corrected chi connectivity index (χ4v) is 2.84. The van der Waals surface area contributed by atoms with Crippen LogP contribution in [0.4, 0.5) is 15.9 Å². The second-order valence-electron chi connectivity index (χ2n) is 3.82. The van der Waals surface area contributed by atoms with Gasteiger partial charge in [-0.3, -0.25) is 14.8 Å². The summed E-state index contributed by atoms with van der Waals surface area (Å²) in [5, 5.41) is 10.9. The molecule has 0 bridgehead atoms. The average Bonchev–Trinajstić information content (AvgIpc) is 2.37. The zero-order valence-corrected chi connectivity index (χ0v) is 11.7. The second-order valence-corrected chi connectivity index (χ2v) is 5.86. The second kappa shape index (κ2) is 5.62. The molecule has 0 amide bonds. The van der Waals surface area contributed by atoms with Crippen LogP contribution in [0, 0.1) is 15.9 Å². The first kappa shape index (κ1) is 15.1. The van der Waals surface area contributed by atoms with Gasteiger partial charge in [0.15, 0.2) is 4.90 Å². The van der Waals surface area contributed by atoms with Crippen LogP contribution in [-0.4, -0.2) is 18.3 Å². The number of rotatable bonds is 4. The molecule has 21 heavy (non-hydrogen) atoms. The van der Waals surface area contributed by atoms with Crippen LogP contribution in [0.2, 0.25) is 5.15 Å². The fraction of sp³-hybridized carbons (Fsp3) is 0. The minimum absolute atomic E-state index is 0.0452. The first-order valence-corrected chi connectivity index (χ1v) is 7.25. The molecule has 0 radical (unpaired) electrons. The van der Waals surface area contributed by atoms with E-state index in [0.717, 1.165) is 12.1 Å². The van der Waals surface area contributed by atoms with Crippen molar-refractivity contribution in [3.63, 3.8) is 0 Å². The minimum atomic E-state index is -4.30. The normalized spacial score (nSPS) is 11.1. The van der Waals surface area contributed by atoms with Crippen molar-refractivity contribution < 1.29 is 17.7 Å². The summed E-state index contributed by atoms with van der Waals surface area (Å²) in [5.74, 6) is -1.03.